The predicted molar refractivity (Wildman–Crippen MR) is 71.9 cm³/mol. The molecule has 0 radical (unpaired) electrons. The molecule has 2 unspecified atom stereocenters. The molecule has 0 saturated heterocycles. The van der Waals surface area contributed by atoms with Crippen molar-refractivity contribution >= 4 is 0 Å². The number of hydrogen-bond acceptors (Lipinski definition) is 2. The van der Waals surface area contributed by atoms with Crippen LogP contribution in [0.5, 0.6) is 0 Å². The molecule has 0 aromatic carbocycles. The summed E-state index contributed by atoms with van der Waals surface area (Å²) in [5.74, 6) is 0. The first-order valence-corrected chi connectivity index (χ1v) is 6.95. The molecule has 0 amide bonds. The van der Waals surface area contributed by atoms with E-state index < -0.39 is 0 Å². The van der Waals surface area contributed by atoms with Crippen LogP contribution in [-0.4, -0.2) is 25.3 Å². The first-order chi connectivity index (χ1) is 7.64. The zero-order chi connectivity index (χ0) is 12.4. The van der Waals surface area contributed by atoms with Gasteiger partial charge in [-0.25, -0.2) is 0 Å². The van der Waals surface area contributed by atoms with Crippen molar-refractivity contribution < 1.29 is 4.74 Å². The summed E-state index contributed by atoms with van der Waals surface area (Å²) in [5, 5.41) is 3.43. The molecule has 2 atom stereocenters. The van der Waals surface area contributed by atoms with E-state index in [1.165, 1.54) is 32.1 Å². The van der Waals surface area contributed by atoms with Crippen molar-refractivity contribution in [3.63, 3.8) is 0 Å². The van der Waals surface area contributed by atoms with Crippen molar-refractivity contribution in [2.75, 3.05) is 13.7 Å². The van der Waals surface area contributed by atoms with E-state index >= 15 is 0 Å². The molecule has 2 nitrogen and oxygen atoms in total. The van der Waals surface area contributed by atoms with E-state index in [1.807, 2.05) is 0 Å². The minimum Gasteiger partial charge on any atom is -0.374 e. The van der Waals surface area contributed by atoms with Crippen LogP contribution in [0.15, 0.2) is 0 Å². The molecule has 0 aliphatic rings. The third-order valence-corrected chi connectivity index (χ3v) is 3.61. The fourth-order valence-electron chi connectivity index (χ4n) is 2.31. The van der Waals surface area contributed by atoms with E-state index in [-0.39, 0.29) is 5.60 Å². The Morgan fingerprint density at radius 2 is 1.81 bits per heavy atom. The van der Waals surface area contributed by atoms with Crippen molar-refractivity contribution in [3.8, 4) is 0 Å². The summed E-state index contributed by atoms with van der Waals surface area (Å²) in [6.45, 7) is 9.59. The van der Waals surface area contributed by atoms with Gasteiger partial charge < -0.3 is 10.1 Å². The molecule has 0 rings (SSSR count). The van der Waals surface area contributed by atoms with E-state index in [1.54, 1.807) is 0 Å². The third-order valence-electron chi connectivity index (χ3n) is 3.61. The Bertz CT molecular complexity index is 161. The van der Waals surface area contributed by atoms with Gasteiger partial charge in [-0.2, -0.15) is 0 Å². The van der Waals surface area contributed by atoms with E-state index in [4.69, 9.17) is 4.74 Å². The van der Waals surface area contributed by atoms with Crippen molar-refractivity contribution in [2.45, 2.75) is 77.9 Å². The molecule has 98 valence electrons. The minimum absolute atomic E-state index is 0.00425. The third kappa shape index (κ3) is 5.31. The second kappa shape index (κ2) is 9.00. The first kappa shape index (κ1) is 15.9. The van der Waals surface area contributed by atoms with Crippen LogP contribution in [0.3, 0.4) is 0 Å². The largest absolute Gasteiger partial charge is 0.374 e. The van der Waals surface area contributed by atoms with Gasteiger partial charge in [-0.1, -0.05) is 39.5 Å². The number of nitrogens with one attached hydrogen (secondary N) is 1. The van der Waals surface area contributed by atoms with Crippen LogP contribution in [0.1, 0.15) is 66.2 Å². The predicted octanol–water partition coefficient (Wildman–Crippen LogP) is 3.75. The standard InChI is InChI=1S/C14H31NO/c1-6-9-10-11-12-13(15-5)14(4,7-2)16-8-3/h13,15H,6-12H2,1-5H3. The number of ether oxygens (including phenoxy) is 1. The van der Waals surface area contributed by atoms with Gasteiger partial charge in [-0.3, -0.25) is 0 Å². The lowest BCUT2D eigenvalue weighted by Crippen LogP contribution is -2.49. The van der Waals surface area contributed by atoms with Gasteiger partial charge in [-0.15, -0.1) is 0 Å². The first-order valence-electron chi connectivity index (χ1n) is 6.95. The fraction of sp³-hybridized carbons (Fsp3) is 1.00. The molecule has 0 aliphatic carbocycles. The summed E-state index contributed by atoms with van der Waals surface area (Å²) in [6.07, 6.45) is 7.61. The van der Waals surface area contributed by atoms with E-state index in [2.05, 4.69) is 40.1 Å². The molecule has 0 bridgehead atoms. The number of likely N-dealkylation sites (N-methyl/N-ethyl adjacent to an activating group) is 1. The van der Waals surface area contributed by atoms with Crippen LogP contribution in [-0.2, 0) is 4.74 Å². The van der Waals surface area contributed by atoms with Gasteiger partial charge in [0.05, 0.1) is 5.60 Å². The number of unbranched alkanes of at least 4 members (excludes halogenated alkanes) is 3. The maximum Gasteiger partial charge on any atom is 0.0803 e. The quantitative estimate of drug-likeness (QED) is 0.576. The Balaban J connectivity index is 4.11. The van der Waals surface area contributed by atoms with E-state index in [0.29, 0.717) is 6.04 Å². The summed E-state index contributed by atoms with van der Waals surface area (Å²) < 4.78 is 5.93. The van der Waals surface area contributed by atoms with Gasteiger partial charge in [0.25, 0.3) is 0 Å². The van der Waals surface area contributed by atoms with E-state index in [9.17, 15) is 0 Å². The lowest BCUT2D eigenvalue weighted by atomic mass is 9.89. The highest BCUT2D eigenvalue weighted by Gasteiger charge is 2.31. The van der Waals surface area contributed by atoms with Crippen LogP contribution in [0.25, 0.3) is 0 Å². The molecule has 0 aliphatic heterocycles. The van der Waals surface area contributed by atoms with Crippen molar-refractivity contribution in [1.29, 1.82) is 0 Å². The molecular formula is C14H31NO. The SMILES string of the molecule is CCCCCCC(NC)C(C)(CC)OCC. The van der Waals surface area contributed by atoms with Crippen molar-refractivity contribution in [3.05, 3.63) is 0 Å². The molecule has 0 aromatic rings. The molecular weight excluding hydrogens is 198 g/mol. The molecule has 0 spiro atoms. The molecule has 0 fully saturated rings. The van der Waals surface area contributed by atoms with Gasteiger partial charge in [-0.05, 0) is 33.7 Å². The fourth-order valence-corrected chi connectivity index (χ4v) is 2.31. The Hall–Kier alpha value is -0.0800. The van der Waals surface area contributed by atoms with Crippen LogP contribution in [0.2, 0.25) is 0 Å². The smallest absolute Gasteiger partial charge is 0.0803 e. The summed E-state index contributed by atoms with van der Waals surface area (Å²) in [7, 11) is 2.05. The highest BCUT2D eigenvalue weighted by molar-refractivity contribution is 4.87. The highest BCUT2D eigenvalue weighted by atomic mass is 16.5. The van der Waals surface area contributed by atoms with Gasteiger partial charge >= 0.3 is 0 Å². The zero-order valence-electron chi connectivity index (χ0n) is 11.9. The monoisotopic (exact) mass is 229 g/mol. The second-order valence-corrected chi connectivity index (χ2v) is 4.79. The topological polar surface area (TPSA) is 21.3 Å². The van der Waals surface area contributed by atoms with E-state index in [0.717, 1.165) is 13.0 Å². The van der Waals surface area contributed by atoms with Gasteiger partial charge in [0.2, 0.25) is 0 Å². The Morgan fingerprint density at radius 1 is 1.12 bits per heavy atom. The molecule has 0 heterocycles. The summed E-state index contributed by atoms with van der Waals surface area (Å²) in [4.78, 5) is 0. The Morgan fingerprint density at radius 3 is 2.25 bits per heavy atom. The van der Waals surface area contributed by atoms with Crippen molar-refractivity contribution in [1.82, 2.24) is 5.32 Å². The van der Waals surface area contributed by atoms with Crippen LogP contribution in [0, 0.1) is 0 Å². The maximum absolute atomic E-state index is 5.93. The van der Waals surface area contributed by atoms with Gasteiger partial charge in [0, 0.05) is 12.6 Å². The number of hydrogen-bond donors (Lipinski definition) is 1. The normalized spacial score (nSPS) is 17.1. The lowest BCUT2D eigenvalue weighted by Gasteiger charge is -2.36. The summed E-state index contributed by atoms with van der Waals surface area (Å²) in [6, 6.07) is 0.481. The highest BCUT2D eigenvalue weighted by Crippen LogP contribution is 2.24. The molecule has 0 aromatic heterocycles. The van der Waals surface area contributed by atoms with Crippen LogP contribution >= 0.6 is 0 Å². The van der Waals surface area contributed by atoms with Crippen LogP contribution < -0.4 is 5.32 Å². The Labute approximate surface area is 102 Å². The molecule has 16 heavy (non-hydrogen) atoms. The Kier molecular flexibility index (Phi) is 8.96. The number of rotatable bonds is 10. The summed E-state index contributed by atoms with van der Waals surface area (Å²) >= 11 is 0. The molecule has 1 N–H and O–H groups in total. The molecule has 2 heteroatoms. The van der Waals surface area contributed by atoms with Gasteiger partial charge in [0.1, 0.15) is 0 Å². The average Bonchev–Trinajstić information content (AvgIpc) is 2.29. The minimum atomic E-state index is -0.00425. The van der Waals surface area contributed by atoms with Crippen LogP contribution in [0.4, 0.5) is 0 Å². The molecule has 0 saturated carbocycles. The zero-order valence-corrected chi connectivity index (χ0v) is 11.9. The lowest BCUT2D eigenvalue weighted by molar-refractivity contribution is -0.0558. The second-order valence-electron chi connectivity index (χ2n) is 4.79. The summed E-state index contributed by atoms with van der Waals surface area (Å²) in [5.41, 5.74) is -0.00425. The average molecular weight is 229 g/mol. The maximum atomic E-state index is 5.93. The van der Waals surface area contributed by atoms with Gasteiger partial charge in [0.15, 0.2) is 0 Å². The van der Waals surface area contributed by atoms with Crippen molar-refractivity contribution in [2.24, 2.45) is 0 Å².